The highest BCUT2D eigenvalue weighted by Crippen LogP contribution is 2.11. The van der Waals surface area contributed by atoms with Gasteiger partial charge in [0.15, 0.2) is 5.82 Å². The number of aromatic nitrogens is 4. The van der Waals surface area contributed by atoms with Crippen molar-refractivity contribution in [2.75, 3.05) is 0 Å². The first-order valence-corrected chi connectivity index (χ1v) is 4.59. The second-order valence-corrected chi connectivity index (χ2v) is 3.29. The molecule has 16 heavy (non-hydrogen) atoms. The van der Waals surface area contributed by atoms with Crippen molar-refractivity contribution in [3.05, 3.63) is 42.3 Å². The van der Waals surface area contributed by atoms with Gasteiger partial charge < -0.3 is 9.67 Å². The average Bonchev–Trinajstić information content (AvgIpc) is 2.87. The fourth-order valence-electron chi connectivity index (χ4n) is 1.25. The predicted molar refractivity (Wildman–Crippen MR) is 56.7 cm³/mol. The van der Waals surface area contributed by atoms with Gasteiger partial charge in [0.1, 0.15) is 12.1 Å². The first-order valence-electron chi connectivity index (χ1n) is 4.59. The second kappa shape index (κ2) is 4.01. The standard InChI is InChI=1S/C10H10N4O2/c1-14-3-2-7(5-14)8(15)4-9(16)10-11-6-12-13-10/h2-6,15H,1H3,(H,11,12,13)/b8-4-. The van der Waals surface area contributed by atoms with E-state index in [0.29, 0.717) is 5.56 Å². The van der Waals surface area contributed by atoms with E-state index in [-0.39, 0.29) is 11.6 Å². The maximum absolute atomic E-state index is 11.5. The zero-order chi connectivity index (χ0) is 11.5. The SMILES string of the molecule is Cn1ccc(/C(O)=C/C(=O)c2ncn[nH]2)c1. The zero-order valence-corrected chi connectivity index (χ0v) is 8.58. The third kappa shape index (κ3) is 2.00. The molecule has 6 nitrogen and oxygen atoms in total. The van der Waals surface area contributed by atoms with Gasteiger partial charge in [-0.05, 0) is 6.07 Å². The van der Waals surface area contributed by atoms with E-state index < -0.39 is 5.78 Å². The molecule has 0 bridgehead atoms. The monoisotopic (exact) mass is 218 g/mol. The van der Waals surface area contributed by atoms with Gasteiger partial charge in [0.25, 0.3) is 0 Å². The van der Waals surface area contributed by atoms with Gasteiger partial charge in [0.05, 0.1) is 0 Å². The first kappa shape index (κ1) is 10.2. The maximum Gasteiger partial charge on any atom is 0.226 e. The summed E-state index contributed by atoms with van der Waals surface area (Å²) in [5.41, 5.74) is 0.579. The van der Waals surface area contributed by atoms with E-state index in [9.17, 15) is 9.90 Å². The number of nitrogens with one attached hydrogen (secondary N) is 1. The van der Waals surface area contributed by atoms with Gasteiger partial charge in [-0.15, -0.1) is 0 Å². The number of rotatable bonds is 3. The molecule has 0 unspecified atom stereocenters. The molecule has 0 aromatic carbocycles. The topological polar surface area (TPSA) is 83.8 Å². The number of aromatic amines is 1. The average molecular weight is 218 g/mol. The van der Waals surface area contributed by atoms with Crippen molar-refractivity contribution in [3.8, 4) is 0 Å². The Kier molecular flexibility index (Phi) is 2.55. The lowest BCUT2D eigenvalue weighted by molar-refractivity contribution is 0.103. The van der Waals surface area contributed by atoms with E-state index in [1.54, 1.807) is 23.0 Å². The number of aryl methyl sites for hydroxylation is 1. The molecule has 0 aliphatic heterocycles. The molecule has 2 aromatic heterocycles. The molecule has 2 rings (SSSR count). The van der Waals surface area contributed by atoms with Gasteiger partial charge in [-0.25, -0.2) is 4.98 Å². The molecular weight excluding hydrogens is 208 g/mol. The van der Waals surface area contributed by atoms with Crippen LogP contribution in [-0.2, 0) is 7.05 Å². The minimum absolute atomic E-state index is 0.0954. The molecule has 2 heterocycles. The molecule has 0 fully saturated rings. The summed E-state index contributed by atoms with van der Waals surface area (Å²) in [6.45, 7) is 0. The fraction of sp³-hybridized carbons (Fsp3) is 0.100. The van der Waals surface area contributed by atoms with Crippen LogP contribution in [0.3, 0.4) is 0 Å². The number of allylic oxidation sites excluding steroid dienone is 1. The van der Waals surface area contributed by atoms with Crippen molar-refractivity contribution in [1.82, 2.24) is 19.7 Å². The fourth-order valence-corrected chi connectivity index (χ4v) is 1.25. The molecule has 6 heteroatoms. The van der Waals surface area contributed by atoms with Crippen LogP contribution in [0.2, 0.25) is 0 Å². The Bertz CT molecular complexity index is 525. The van der Waals surface area contributed by atoms with E-state index in [1.165, 1.54) is 6.33 Å². The van der Waals surface area contributed by atoms with Crippen molar-refractivity contribution < 1.29 is 9.90 Å². The van der Waals surface area contributed by atoms with Gasteiger partial charge in [0, 0.05) is 31.1 Å². The number of aliphatic hydroxyl groups is 1. The smallest absolute Gasteiger partial charge is 0.226 e. The van der Waals surface area contributed by atoms with E-state index in [1.807, 2.05) is 7.05 Å². The molecule has 2 aromatic rings. The number of H-pyrrole nitrogens is 1. The molecule has 0 aliphatic carbocycles. The van der Waals surface area contributed by atoms with Crippen LogP contribution in [0.25, 0.3) is 5.76 Å². The molecule has 0 spiro atoms. The maximum atomic E-state index is 11.5. The Morgan fingerprint density at radius 1 is 1.62 bits per heavy atom. The van der Waals surface area contributed by atoms with Gasteiger partial charge in [-0.2, -0.15) is 5.10 Å². The van der Waals surface area contributed by atoms with Crippen LogP contribution in [0.1, 0.15) is 16.2 Å². The number of nitrogens with zero attached hydrogens (tertiary/aromatic N) is 3. The number of hydrogen-bond acceptors (Lipinski definition) is 4. The Morgan fingerprint density at radius 2 is 2.44 bits per heavy atom. The van der Waals surface area contributed by atoms with E-state index in [4.69, 9.17) is 0 Å². The highest BCUT2D eigenvalue weighted by Gasteiger charge is 2.08. The number of aliphatic hydroxyl groups excluding tert-OH is 1. The highest BCUT2D eigenvalue weighted by molar-refractivity contribution is 6.05. The molecule has 2 N–H and O–H groups in total. The zero-order valence-electron chi connectivity index (χ0n) is 8.58. The van der Waals surface area contributed by atoms with Crippen LogP contribution in [0.5, 0.6) is 0 Å². The Balaban J connectivity index is 2.22. The van der Waals surface area contributed by atoms with Gasteiger partial charge in [-0.1, -0.05) is 0 Å². The predicted octanol–water partition coefficient (Wildman–Crippen LogP) is 0.925. The summed E-state index contributed by atoms with van der Waals surface area (Å²) in [6.07, 6.45) is 5.83. The summed E-state index contributed by atoms with van der Waals surface area (Å²) >= 11 is 0. The van der Waals surface area contributed by atoms with E-state index >= 15 is 0 Å². The minimum Gasteiger partial charge on any atom is -0.507 e. The molecule has 0 saturated heterocycles. The van der Waals surface area contributed by atoms with Crippen molar-refractivity contribution in [2.45, 2.75) is 0 Å². The summed E-state index contributed by atoms with van der Waals surface area (Å²) in [7, 11) is 1.83. The van der Waals surface area contributed by atoms with Crippen molar-refractivity contribution >= 4 is 11.5 Å². The van der Waals surface area contributed by atoms with Crippen LogP contribution >= 0.6 is 0 Å². The minimum atomic E-state index is -0.418. The summed E-state index contributed by atoms with van der Waals surface area (Å²) < 4.78 is 1.78. The highest BCUT2D eigenvalue weighted by atomic mass is 16.3. The van der Waals surface area contributed by atoms with Crippen LogP contribution in [-0.4, -0.2) is 30.6 Å². The Labute approximate surface area is 91.3 Å². The molecule has 0 aliphatic rings. The van der Waals surface area contributed by atoms with E-state index in [0.717, 1.165) is 6.08 Å². The Morgan fingerprint density at radius 3 is 3.00 bits per heavy atom. The van der Waals surface area contributed by atoms with Crippen LogP contribution in [0.15, 0.2) is 30.9 Å². The lowest BCUT2D eigenvalue weighted by Crippen LogP contribution is -1.99. The normalized spacial score (nSPS) is 11.7. The quantitative estimate of drug-likeness (QED) is 0.456. The van der Waals surface area contributed by atoms with Gasteiger partial charge in [0.2, 0.25) is 5.78 Å². The molecule has 0 saturated carbocycles. The van der Waals surface area contributed by atoms with Crippen molar-refractivity contribution in [2.24, 2.45) is 7.05 Å². The lowest BCUT2D eigenvalue weighted by atomic mass is 10.2. The summed E-state index contributed by atoms with van der Waals surface area (Å²) in [4.78, 5) is 15.2. The van der Waals surface area contributed by atoms with Crippen molar-refractivity contribution in [3.63, 3.8) is 0 Å². The van der Waals surface area contributed by atoms with Crippen LogP contribution in [0, 0.1) is 0 Å². The number of ketones is 1. The largest absolute Gasteiger partial charge is 0.507 e. The molecular formula is C10H10N4O2. The third-order valence-corrected chi connectivity index (χ3v) is 2.04. The number of carbonyl (C=O) groups excluding carboxylic acids is 1. The van der Waals surface area contributed by atoms with E-state index in [2.05, 4.69) is 15.2 Å². The Hall–Kier alpha value is -2.37. The third-order valence-electron chi connectivity index (χ3n) is 2.04. The summed E-state index contributed by atoms with van der Waals surface area (Å²) in [5, 5.41) is 15.7. The summed E-state index contributed by atoms with van der Waals surface area (Å²) in [5.74, 6) is -0.414. The molecule has 82 valence electrons. The lowest BCUT2D eigenvalue weighted by Gasteiger charge is -1.94. The molecule has 0 amide bonds. The van der Waals surface area contributed by atoms with Crippen LogP contribution in [0.4, 0.5) is 0 Å². The van der Waals surface area contributed by atoms with Gasteiger partial charge >= 0.3 is 0 Å². The summed E-state index contributed by atoms with van der Waals surface area (Å²) in [6, 6.07) is 1.71. The number of hydrogen-bond donors (Lipinski definition) is 2. The number of carbonyl (C=O) groups is 1. The van der Waals surface area contributed by atoms with Gasteiger partial charge in [-0.3, -0.25) is 9.89 Å². The second-order valence-electron chi connectivity index (χ2n) is 3.29. The van der Waals surface area contributed by atoms with Crippen molar-refractivity contribution in [1.29, 1.82) is 0 Å². The molecule has 0 radical (unpaired) electrons. The van der Waals surface area contributed by atoms with Crippen LogP contribution < -0.4 is 0 Å². The first-order chi connectivity index (χ1) is 7.66. The molecule has 0 atom stereocenters.